The molecule has 6 nitrogen and oxygen atoms in total. The van der Waals surface area contributed by atoms with E-state index in [1.54, 1.807) is 25.1 Å². The van der Waals surface area contributed by atoms with Crippen LogP contribution < -0.4 is 5.32 Å². The number of carbonyl (C=O) groups excluding carboxylic acids is 2. The molecule has 0 aliphatic heterocycles. The SMILES string of the molecule is CCOC(=O)CSc1nnc(NC(=O)c2ccc(-c3ccc(F)cc3)s2)s1. The van der Waals surface area contributed by atoms with E-state index in [4.69, 9.17) is 4.74 Å². The van der Waals surface area contributed by atoms with Crippen LogP contribution in [0.4, 0.5) is 9.52 Å². The van der Waals surface area contributed by atoms with Crippen LogP contribution in [0.25, 0.3) is 10.4 Å². The van der Waals surface area contributed by atoms with E-state index in [0.29, 0.717) is 21.0 Å². The van der Waals surface area contributed by atoms with Gasteiger partial charge in [0.25, 0.3) is 5.91 Å². The zero-order valence-electron chi connectivity index (χ0n) is 14.1. The molecule has 0 aliphatic rings. The molecule has 0 saturated carbocycles. The highest BCUT2D eigenvalue weighted by molar-refractivity contribution is 8.01. The lowest BCUT2D eigenvalue weighted by molar-refractivity contribution is -0.139. The van der Waals surface area contributed by atoms with Crippen LogP contribution >= 0.6 is 34.4 Å². The summed E-state index contributed by atoms with van der Waals surface area (Å²) in [6.45, 7) is 2.07. The third kappa shape index (κ3) is 5.34. The molecule has 2 aromatic heterocycles. The second-order valence-corrected chi connectivity index (χ2v) is 8.38. The summed E-state index contributed by atoms with van der Waals surface area (Å²) in [7, 11) is 0. The summed E-state index contributed by atoms with van der Waals surface area (Å²) in [5.74, 6) is -0.787. The molecule has 140 valence electrons. The van der Waals surface area contributed by atoms with Gasteiger partial charge in [-0.05, 0) is 36.8 Å². The zero-order chi connectivity index (χ0) is 19.2. The number of hydrogen-bond acceptors (Lipinski definition) is 8. The van der Waals surface area contributed by atoms with Gasteiger partial charge in [-0.3, -0.25) is 14.9 Å². The molecule has 10 heteroatoms. The molecule has 27 heavy (non-hydrogen) atoms. The quantitative estimate of drug-likeness (QED) is 0.346. The molecule has 3 aromatic rings. The maximum absolute atomic E-state index is 13.0. The van der Waals surface area contributed by atoms with E-state index in [9.17, 15) is 14.0 Å². The molecule has 1 N–H and O–H groups in total. The molecular weight excluding hydrogens is 409 g/mol. The predicted octanol–water partition coefficient (Wildman–Crippen LogP) is 4.31. The van der Waals surface area contributed by atoms with Crippen molar-refractivity contribution in [2.24, 2.45) is 0 Å². The normalized spacial score (nSPS) is 10.6. The lowest BCUT2D eigenvalue weighted by atomic mass is 10.2. The summed E-state index contributed by atoms with van der Waals surface area (Å²) in [6.07, 6.45) is 0. The minimum Gasteiger partial charge on any atom is -0.465 e. The number of rotatable bonds is 7. The van der Waals surface area contributed by atoms with Gasteiger partial charge in [0.05, 0.1) is 17.2 Å². The largest absolute Gasteiger partial charge is 0.465 e. The van der Waals surface area contributed by atoms with Crippen molar-refractivity contribution in [3.8, 4) is 10.4 Å². The zero-order valence-corrected chi connectivity index (χ0v) is 16.5. The first-order valence-electron chi connectivity index (χ1n) is 7.84. The molecule has 0 saturated heterocycles. The molecular formula is C17H14FN3O3S3. The maximum Gasteiger partial charge on any atom is 0.316 e. The van der Waals surface area contributed by atoms with Gasteiger partial charge in [0.1, 0.15) is 5.82 Å². The number of aromatic nitrogens is 2. The highest BCUT2D eigenvalue weighted by atomic mass is 32.2. The Kier molecular flexibility index (Phi) is 6.54. The van der Waals surface area contributed by atoms with Crippen LogP contribution in [0.5, 0.6) is 0 Å². The van der Waals surface area contributed by atoms with Crippen molar-refractivity contribution in [2.75, 3.05) is 17.7 Å². The average molecular weight is 424 g/mol. The van der Waals surface area contributed by atoms with E-state index in [1.165, 1.54) is 46.6 Å². The van der Waals surface area contributed by atoms with E-state index >= 15 is 0 Å². The first kappa shape index (κ1) is 19.5. The monoisotopic (exact) mass is 423 g/mol. The van der Waals surface area contributed by atoms with E-state index in [2.05, 4.69) is 15.5 Å². The minimum absolute atomic E-state index is 0.141. The number of carbonyl (C=O) groups is 2. The van der Waals surface area contributed by atoms with Crippen LogP contribution in [-0.4, -0.2) is 34.4 Å². The number of hydrogen-bond donors (Lipinski definition) is 1. The Hall–Kier alpha value is -2.30. The topological polar surface area (TPSA) is 81.2 Å². The number of esters is 1. The third-order valence-corrected chi connectivity index (χ3v) is 6.28. The summed E-state index contributed by atoms with van der Waals surface area (Å²) in [6, 6.07) is 9.61. The summed E-state index contributed by atoms with van der Waals surface area (Å²) in [4.78, 5) is 25.1. The van der Waals surface area contributed by atoms with E-state index in [1.807, 2.05) is 6.07 Å². The summed E-state index contributed by atoms with van der Waals surface area (Å²) in [5.41, 5.74) is 0.842. The van der Waals surface area contributed by atoms with Crippen molar-refractivity contribution < 1.29 is 18.7 Å². The van der Waals surface area contributed by atoms with E-state index in [0.717, 1.165) is 10.4 Å². The highest BCUT2D eigenvalue weighted by Crippen LogP contribution is 2.30. The van der Waals surface area contributed by atoms with Gasteiger partial charge in [-0.1, -0.05) is 35.2 Å². The summed E-state index contributed by atoms with van der Waals surface area (Å²) in [5, 5.41) is 10.9. The Balaban J connectivity index is 1.59. The van der Waals surface area contributed by atoms with Gasteiger partial charge in [-0.25, -0.2) is 4.39 Å². The first-order chi connectivity index (χ1) is 13.0. The number of halogens is 1. The number of thioether (sulfide) groups is 1. The molecule has 0 bridgehead atoms. The van der Waals surface area contributed by atoms with Crippen molar-refractivity contribution in [2.45, 2.75) is 11.3 Å². The fourth-order valence-corrected chi connectivity index (χ4v) is 4.48. The molecule has 1 aromatic carbocycles. The number of thiophene rings is 1. The van der Waals surface area contributed by atoms with Crippen LogP contribution in [-0.2, 0) is 9.53 Å². The minimum atomic E-state index is -0.324. The highest BCUT2D eigenvalue weighted by Gasteiger charge is 2.14. The lowest BCUT2D eigenvalue weighted by Gasteiger charge is -1.99. The number of anilines is 1. The van der Waals surface area contributed by atoms with Crippen molar-refractivity contribution in [3.63, 3.8) is 0 Å². The van der Waals surface area contributed by atoms with Gasteiger partial charge in [0.2, 0.25) is 5.13 Å². The molecule has 0 atom stereocenters. The van der Waals surface area contributed by atoms with Crippen LogP contribution in [0.3, 0.4) is 0 Å². The molecule has 0 fully saturated rings. The Morgan fingerprint density at radius 1 is 1.15 bits per heavy atom. The van der Waals surface area contributed by atoms with Crippen LogP contribution in [0.15, 0.2) is 40.7 Å². The summed E-state index contributed by atoms with van der Waals surface area (Å²) >= 11 is 3.69. The first-order valence-corrected chi connectivity index (χ1v) is 10.5. The summed E-state index contributed by atoms with van der Waals surface area (Å²) < 4.78 is 18.4. The molecule has 1 amide bonds. The molecule has 2 heterocycles. The van der Waals surface area contributed by atoms with E-state index in [-0.39, 0.29) is 23.4 Å². The van der Waals surface area contributed by atoms with Gasteiger partial charge in [-0.2, -0.15) is 0 Å². The fourth-order valence-electron chi connectivity index (χ4n) is 2.03. The van der Waals surface area contributed by atoms with Gasteiger partial charge in [-0.15, -0.1) is 21.5 Å². The molecule has 0 spiro atoms. The molecule has 0 radical (unpaired) electrons. The third-order valence-electron chi connectivity index (χ3n) is 3.20. The van der Waals surface area contributed by atoms with Gasteiger partial charge in [0, 0.05) is 4.88 Å². The molecule has 0 unspecified atom stereocenters. The Labute approximate surface area is 166 Å². The lowest BCUT2D eigenvalue weighted by Crippen LogP contribution is -2.09. The van der Waals surface area contributed by atoms with Crippen LogP contribution in [0.2, 0.25) is 0 Å². The Morgan fingerprint density at radius 2 is 1.93 bits per heavy atom. The maximum atomic E-state index is 13.0. The van der Waals surface area contributed by atoms with Crippen molar-refractivity contribution in [3.05, 3.63) is 47.1 Å². The number of amides is 1. The van der Waals surface area contributed by atoms with Gasteiger partial charge in [0.15, 0.2) is 4.34 Å². The molecule has 3 rings (SSSR count). The van der Waals surface area contributed by atoms with Gasteiger partial charge < -0.3 is 4.74 Å². The van der Waals surface area contributed by atoms with Crippen molar-refractivity contribution in [1.82, 2.24) is 10.2 Å². The smallest absolute Gasteiger partial charge is 0.316 e. The molecule has 0 aliphatic carbocycles. The predicted molar refractivity (Wildman–Crippen MR) is 105 cm³/mol. The number of ether oxygens (including phenoxy) is 1. The van der Waals surface area contributed by atoms with Crippen molar-refractivity contribution in [1.29, 1.82) is 0 Å². The number of nitrogens with one attached hydrogen (secondary N) is 1. The Bertz CT molecular complexity index is 940. The number of nitrogens with zero attached hydrogens (tertiary/aromatic N) is 2. The van der Waals surface area contributed by atoms with Crippen LogP contribution in [0, 0.1) is 5.82 Å². The number of benzene rings is 1. The Morgan fingerprint density at radius 3 is 2.67 bits per heavy atom. The van der Waals surface area contributed by atoms with Crippen LogP contribution in [0.1, 0.15) is 16.6 Å². The second kappa shape index (κ2) is 9.07. The average Bonchev–Trinajstić information content (AvgIpc) is 3.30. The second-order valence-electron chi connectivity index (χ2n) is 5.09. The van der Waals surface area contributed by atoms with Crippen molar-refractivity contribution >= 4 is 51.4 Å². The standard InChI is InChI=1S/C17H14FN3O3S3/c1-2-24-14(22)9-25-17-21-20-16(27-17)19-15(23)13-8-7-12(26-13)10-3-5-11(18)6-4-10/h3-8H,2,9H2,1H3,(H,19,20,23). The van der Waals surface area contributed by atoms with E-state index < -0.39 is 0 Å². The van der Waals surface area contributed by atoms with Gasteiger partial charge >= 0.3 is 5.97 Å². The fraction of sp³-hybridized carbons (Fsp3) is 0.176.